The maximum Gasteiger partial charge on any atom is 0.255 e. The number of benzene rings is 1. The van der Waals surface area contributed by atoms with E-state index >= 15 is 0 Å². The van der Waals surface area contributed by atoms with E-state index in [9.17, 15) is 9.59 Å². The van der Waals surface area contributed by atoms with Crippen molar-refractivity contribution in [1.29, 1.82) is 0 Å². The van der Waals surface area contributed by atoms with Crippen molar-refractivity contribution in [3.8, 4) is 0 Å². The lowest BCUT2D eigenvalue weighted by atomic mass is 9.81. The van der Waals surface area contributed by atoms with Crippen molar-refractivity contribution in [3.63, 3.8) is 0 Å². The molecule has 2 saturated heterocycles. The standard InChI is InChI=1S/C20H18N4O3S2/c25-17(13-4-2-6-21-18(13)28)23-15-7-24(8-20(15)9-27-10-20)19(26)12-3-1-5-14-16(12)29-11-22-14/h1-6,11,15H,7-10H2,(H,21,28)(H,23,25). The van der Waals surface area contributed by atoms with Crippen molar-refractivity contribution in [2.45, 2.75) is 6.04 Å². The van der Waals surface area contributed by atoms with Crippen LogP contribution >= 0.6 is 23.6 Å². The number of aromatic amines is 1. The lowest BCUT2D eigenvalue weighted by molar-refractivity contribution is -0.114. The lowest BCUT2D eigenvalue weighted by Gasteiger charge is -2.42. The number of amides is 2. The number of carbonyl (C=O) groups is 2. The first-order valence-electron chi connectivity index (χ1n) is 9.25. The van der Waals surface area contributed by atoms with Gasteiger partial charge in [0.05, 0.1) is 51.5 Å². The molecule has 0 saturated carbocycles. The number of aromatic nitrogens is 2. The molecule has 7 nitrogen and oxygen atoms in total. The van der Waals surface area contributed by atoms with Gasteiger partial charge in [-0.15, -0.1) is 11.3 Å². The van der Waals surface area contributed by atoms with E-state index in [4.69, 9.17) is 17.0 Å². The van der Waals surface area contributed by atoms with Crippen molar-refractivity contribution in [2.24, 2.45) is 5.41 Å². The Bertz CT molecular complexity index is 1170. The van der Waals surface area contributed by atoms with Crippen LogP contribution < -0.4 is 5.32 Å². The van der Waals surface area contributed by atoms with E-state index in [2.05, 4.69) is 15.3 Å². The molecule has 1 atom stereocenters. The number of nitrogens with one attached hydrogen (secondary N) is 2. The van der Waals surface area contributed by atoms with Gasteiger partial charge in [-0.05, 0) is 24.3 Å². The maximum atomic E-state index is 13.3. The van der Waals surface area contributed by atoms with E-state index in [1.807, 2.05) is 23.1 Å². The summed E-state index contributed by atoms with van der Waals surface area (Å²) in [7, 11) is 0. The molecular formula is C20H18N4O3S2. The highest BCUT2D eigenvalue weighted by Crippen LogP contribution is 2.39. The Morgan fingerprint density at radius 3 is 2.86 bits per heavy atom. The molecule has 1 spiro atoms. The van der Waals surface area contributed by atoms with E-state index in [0.717, 1.165) is 10.2 Å². The van der Waals surface area contributed by atoms with Gasteiger partial charge < -0.3 is 19.9 Å². The van der Waals surface area contributed by atoms with Gasteiger partial charge in [-0.25, -0.2) is 4.98 Å². The average molecular weight is 427 g/mol. The first kappa shape index (κ1) is 18.4. The maximum absolute atomic E-state index is 13.3. The molecule has 4 heterocycles. The number of hydrogen-bond acceptors (Lipinski definition) is 6. The highest BCUT2D eigenvalue weighted by Gasteiger charge is 2.53. The molecule has 3 aromatic rings. The topological polar surface area (TPSA) is 87.3 Å². The number of hydrogen-bond donors (Lipinski definition) is 2. The van der Waals surface area contributed by atoms with Crippen LogP contribution in [-0.2, 0) is 4.74 Å². The molecule has 5 rings (SSSR count). The number of carbonyl (C=O) groups excluding carboxylic acids is 2. The molecule has 2 N–H and O–H groups in total. The summed E-state index contributed by atoms with van der Waals surface area (Å²) in [6.45, 7) is 2.03. The highest BCUT2D eigenvalue weighted by atomic mass is 32.1. The Hall–Kier alpha value is -2.62. The molecule has 9 heteroatoms. The van der Waals surface area contributed by atoms with Gasteiger partial charge in [0, 0.05) is 19.3 Å². The van der Waals surface area contributed by atoms with Crippen LogP contribution in [0.5, 0.6) is 0 Å². The van der Waals surface area contributed by atoms with Crippen molar-refractivity contribution in [1.82, 2.24) is 20.2 Å². The third kappa shape index (κ3) is 3.06. The number of rotatable bonds is 3. The largest absolute Gasteiger partial charge is 0.380 e. The summed E-state index contributed by atoms with van der Waals surface area (Å²) >= 11 is 6.69. The molecular weight excluding hydrogens is 408 g/mol. The summed E-state index contributed by atoms with van der Waals surface area (Å²) in [5.74, 6) is -0.276. The number of ether oxygens (including phenoxy) is 1. The Labute approximate surface area is 175 Å². The monoisotopic (exact) mass is 426 g/mol. The molecule has 0 bridgehead atoms. The Morgan fingerprint density at radius 2 is 2.10 bits per heavy atom. The van der Waals surface area contributed by atoms with Crippen molar-refractivity contribution in [3.05, 3.63) is 57.8 Å². The van der Waals surface area contributed by atoms with Crippen molar-refractivity contribution >= 4 is 45.6 Å². The normalized spacial score (nSPS) is 20.0. The number of pyridine rings is 1. The fourth-order valence-corrected chi connectivity index (χ4v) is 5.06. The second kappa shape index (κ2) is 7.01. The van der Waals surface area contributed by atoms with Gasteiger partial charge in [-0.1, -0.05) is 18.3 Å². The van der Waals surface area contributed by atoms with Crippen LogP contribution in [0, 0.1) is 10.1 Å². The predicted molar refractivity (Wildman–Crippen MR) is 112 cm³/mol. The number of nitrogens with zero attached hydrogens (tertiary/aromatic N) is 2. The van der Waals surface area contributed by atoms with Crippen molar-refractivity contribution in [2.75, 3.05) is 26.3 Å². The summed E-state index contributed by atoms with van der Waals surface area (Å²) in [4.78, 5) is 35.0. The lowest BCUT2D eigenvalue weighted by Crippen LogP contribution is -2.57. The quantitative estimate of drug-likeness (QED) is 0.629. The molecule has 2 amide bonds. The molecule has 1 aromatic carbocycles. The Kier molecular flexibility index (Phi) is 4.45. The Balaban J connectivity index is 1.40. The fourth-order valence-electron chi connectivity index (χ4n) is 4.04. The van der Waals surface area contributed by atoms with Crippen LogP contribution in [-0.4, -0.2) is 59.0 Å². The molecule has 0 radical (unpaired) electrons. The zero-order valence-electron chi connectivity index (χ0n) is 15.4. The second-order valence-corrected chi connectivity index (χ2v) is 8.75. The van der Waals surface area contributed by atoms with Crippen molar-refractivity contribution < 1.29 is 14.3 Å². The fraction of sp³-hybridized carbons (Fsp3) is 0.300. The predicted octanol–water partition coefficient (Wildman–Crippen LogP) is 2.62. The van der Waals surface area contributed by atoms with E-state index in [0.29, 0.717) is 42.1 Å². The SMILES string of the molecule is O=C(NC1CN(C(=O)c2cccc3ncsc23)CC12COC2)c1ccc[nH]c1=S. The van der Waals surface area contributed by atoms with Gasteiger partial charge in [-0.3, -0.25) is 9.59 Å². The van der Waals surface area contributed by atoms with E-state index < -0.39 is 0 Å². The summed E-state index contributed by atoms with van der Waals surface area (Å²) < 4.78 is 6.75. The van der Waals surface area contributed by atoms with Crippen LogP contribution in [0.15, 0.2) is 42.0 Å². The first-order valence-corrected chi connectivity index (χ1v) is 10.5. The summed E-state index contributed by atoms with van der Waals surface area (Å²) in [6, 6.07) is 8.84. The molecule has 2 aliphatic rings. The number of H-pyrrole nitrogens is 1. The first-order chi connectivity index (χ1) is 14.1. The van der Waals surface area contributed by atoms with Crippen LogP contribution in [0.1, 0.15) is 20.7 Å². The van der Waals surface area contributed by atoms with E-state index in [1.54, 1.807) is 23.8 Å². The molecule has 148 valence electrons. The molecule has 2 fully saturated rings. The number of likely N-dealkylation sites (tertiary alicyclic amines) is 1. The zero-order valence-corrected chi connectivity index (χ0v) is 17.0. The molecule has 2 aromatic heterocycles. The smallest absolute Gasteiger partial charge is 0.255 e. The molecule has 0 aliphatic carbocycles. The third-order valence-corrected chi connectivity index (χ3v) is 6.88. The van der Waals surface area contributed by atoms with Gasteiger partial charge in [0.1, 0.15) is 4.64 Å². The highest BCUT2D eigenvalue weighted by molar-refractivity contribution is 7.71. The second-order valence-electron chi connectivity index (χ2n) is 7.49. The van der Waals surface area contributed by atoms with Crippen LogP contribution in [0.25, 0.3) is 10.2 Å². The summed E-state index contributed by atoms with van der Waals surface area (Å²) in [5, 5.41) is 3.09. The average Bonchev–Trinajstić information content (AvgIpc) is 3.32. The minimum Gasteiger partial charge on any atom is -0.380 e. The van der Waals surface area contributed by atoms with Gasteiger partial charge in [0.25, 0.3) is 11.8 Å². The summed E-state index contributed by atoms with van der Waals surface area (Å²) in [5.41, 5.74) is 3.39. The van der Waals surface area contributed by atoms with E-state index in [1.165, 1.54) is 11.3 Å². The number of thiazole rings is 1. The minimum absolute atomic E-state index is 0.0418. The van der Waals surface area contributed by atoms with Crippen LogP contribution in [0.2, 0.25) is 0 Å². The third-order valence-electron chi connectivity index (χ3n) is 5.67. The Morgan fingerprint density at radius 1 is 1.28 bits per heavy atom. The molecule has 2 aliphatic heterocycles. The van der Waals surface area contributed by atoms with Gasteiger partial charge in [0.2, 0.25) is 0 Å². The zero-order chi connectivity index (χ0) is 20.0. The molecule has 29 heavy (non-hydrogen) atoms. The van der Waals surface area contributed by atoms with Crippen LogP contribution in [0.4, 0.5) is 0 Å². The van der Waals surface area contributed by atoms with Gasteiger partial charge in [0.15, 0.2) is 0 Å². The van der Waals surface area contributed by atoms with E-state index in [-0.39, 0.29) is 23.3 Å². The van der Waals surface area contributed by atoms with Gasteiger partial charge >= 0.3 is 0 Å². The summed E-state index contributed by atoms with van der Waals surface area (Å²) in [6.07, 6.45) is 1.69. The minimum atomic E-state index is -0.257. The van der Waals surface area contributed by atoms with Crippen LogP contribution in [0.3, 0.4) is 0 Å². The van der Waals surface area contributed by atoms with Gasteiger partial charge in [-0.2, -0.15) is 0 Å². The molecule has 1 unspecified atom stereocenters. The number of fused-ring (bicyclic) bond motifs is 1.